The summed E-state index contributed by atoms with van der Waals surface area (Å²) in [6.07, 6.45) is 2.15. The van der Waals surface area contributed by atoms with E-state index in [4.69, 9.17) is 0 Å². The SMILES string of the molecule is O=C(CCc1cscn1)N1CCCN(c2ccc(F)cc2)CC1. The van der Waals surface area contributed by atoms with Gasteiger partial charge in [0, 0.05) is 43.7 Å². The minimum atomic E-state index is -0.220. The smallest absolute Gasteiger partial charge is 0.223 e. The molecule has 2 aromatic rings. The largest absolute Gasteiger partial charge is 0.370 e. The van der Waals surface area contributed by atoms with Gasteiger partial charge in [-0.1, -0.05) is 0 Å². The van der Waals surface area contributed by atoms with Crippen LogP contribution in [0.1, 0.15) is 18.5 Å². The summed E-state index contributed by atoms with van der Waals surface area (Å²) in [5.74, 6) is -0.0265. The topological polar surface area (TPSA) is 36.4 Å². The number of halogens is 1. The van der Waals surface area contributed by atoms with E-state index in [9.17, 15) is 9.18 Å². The van der Waals surface area contributed by atoms with E-state index >= 15 is 0 Å². The maximum absolute atomic E-state index is 13.0. The predicted molar refractivity (Wildman–Crippen MR) is 90.2 cm³/mol. The summed E-state index contributed by atoms with van der Waals surface area (Å²) in [7, 11) is 0. The molecule has 0 aliphatic carbocycles. The Morgan fingerprint density at radius 2 is 2.00 bits per heavy atom. The highest BCUT2D eigenvalue weighted by atomic mass is 32.1. The highest BCUT2D eigenvalue weighted by Crippen LogP contribution is 2.17. The van der Waals surface area contributed by atoms with E-state index in [0.717, 1.165) is 37.4 Å². The fourth-order valence-electron chi connectivity index (χ4n) is 2.83. The van der Waals surface area contributed by atoms with Gasteiger partial charge in [0.1, 0.15) is 5.82 Å². The Morgan fingerprint density at radius 1 is 1.17 bits per heavy atom. The lowest BCUT2D eigenvalue weighted by molar-refractivity contribution is -0.130. The van der Waals surface area contributed by atoms with Crippen molar-refractivity contribution in [2.75, 3.05) is 31.1 Å². The summed E-state index contributed by atoms with van der Waals surface area (Å²) >= 11 is 1.56. The van der Waals surface area contributed by atoms with Crippen LogP contribution in [-0.2, 0) is 11.2 Å². The van der Waals surface area contributed by atoms with Crippen LogP contribution in [0.3, 0.4) is 0 Å². The Labute approximate surface area is 139 Å². The van der Waals surface area contributed by atoms with Crippen LogP contribution >= 0.6 is 11.3 Å². The standard InChI is InChI=1S/C17H20FN3OS/c18-14-2-5-16(6-3-14)20-8-1-9-21(11-10-20)17(22)7-4-15-12-23-13-19-15/h2-3,5-6,12-13H,1,4,7-11H2. The number of hydrogen-bond acceptors (Lipinski definition) is 4. The van der Waals surface area contributed by atoms with E-state index in [2.05, 4.69) is 9.88 Å². The summed E-state index contributed by atoms with van der Waals surface area (Å²) in [5, 5.41) is 1.99. The van der Waals surface area contributed by atoms with Crippen molar-refractivity contribution in [3.05, 3.63) is 46.7 Å². The summed E-state index contributed by atoms with van der Waals surface area (Å²) in [6.45, 7) is 3.18. The molecule has 0 saturated carbocycles. The summed E-state index contributed by atoms with van der Waals surface area (Å²) in [6, 6.07) is 6.57. The van der Waals surface area contributed by atoms with E-state index in [-0.39, 0.29) is 11.7 Å². The van der Waals surface area contributed by atoms with Gasteiger partial charge >= 0.3 is 0 Å². The maximum atomic E-state index is 13.0. The molecule has 0 spiro atoms. The molecule has 1 aliphatic heterocycles. The predicted octanol–water partition coefficient (Wildman–Crippen LogP) is 2.95. The molecular weight excluding hydrogens is 313 g/mol. The fraction of sp³-hybridized carbons (Fsp3) is 0.412. The van der Waals surface area contributed by atoms with Crippen LogP contribution in [0.25, 0.3) is 0 Å². The number of amides is 1. The van der Waals surface area contributed by atoms with Gasteiger partial charge in [0.2, 0.25) is 5.91 Å². The van der Waals surface area contributed by atoms with Gasteiger partial charge < -0.3 is 9.80 Å². The first-order chi connectivity index (χ1) is 11.2. The van der Waals surface area contributed by atoms with Crippen LogP contribution in [0.5, 0.6) is 0 Å². The molecule has 0 bridgehead atoms. The third-order valence-corrected chi connectivity index (χ3v) is 4.75. The normalized spacial score (nSPS) is 15.5. The molecule has 0 radical (unpaired) electrons. The van der Waals surface area contributed by atoms with Gasteiger partial charge in [-0.25, -0.2) is 9.37 Å². The number of aromatic nitrogens is 1. The minimum Gasteiger partial charge on any atom is -0.370 e. The second-order valence-corrected chi connectivity index (χ2v) is 6.40. The zero-order valence-corrected chi connectivity index (χ0v) is 13.8. The average Bonchev–Trinajstić information content (AvgIpc) is 2.96. The maximum Gasteiger partial charge on any atom is 0.223 e. The Bertz CT molecular complexity index is 630. The summed E-state index contributed by atoms with van der Waals surface area (Å²) in [5.41, 5.74) is 3.81. The van der Waals surface area contributed by atoms with Gasteiger partial charge in [0.05, 0.1) is 11.2 Å². The van der Waals surface area contributed by atoms with Crippen LogP contribution in [0, 0.1) is 5.82 Å². The number of benzene rings is 1. The molecule has 2 heterocycles. The molecule has 23 heavy (non-hydrogen) atoms. The number of hydrogen-bond donors (Lipinski definition) is 0. The molecule has 1 amide bonds. The molecule has 0 N–H and O–H groups in total. The second kappa shape index (κ2) is 7.55. The summed E-state index contributed by atoms with van der Waals surface area (Å²) in [4.78, 5) is 20.7. The van der Waals surface area contributed by atoms with Crippen molar-refractivity contribution in [1.29, 1.82) is 0 Å². The van der Waals surface area contributed by atoms with Crippen LogP contribution < -0.4 is 4.90 Å². The number of rotatable bonds is 4. The van der Waals surface area contributed by atoms with Crippen molar-refractivity contribution >= 4 is 22.9 Å². The van der Waals surface area contributed by atoms with Crippen LogP contribution in [0.15, 0.2) is 35.2 Å². The first-order valence-electron chi connectivity index (χ1n) is 7.88. The van der Waals surface area contributed by atoms with Gasteiger partial charge in [-0.15, -0.1) is 11.3 Å². The monoisotopic (exact) mass is 333 g/mol. The van der Waals surface area contributed by atoms with Gasteiger partial charge in [-0.05, 0) is 37.1 Å². The quantitative estimate of drug-likeness (QED) is 0.863. The van der Waals surface area contributed by atoms with Gasteiger partial charge in [0.15, 0.2) is 0 Å². The van der Waals surface area contributed by atoms with Crippen LogP contribution in [0.4, 0.5) is 10.1 Å². The van der Waals surface area contributed by atoms with Gasteiger partial charge in [-0.3, -0.25) is 4.79 Å². The fourth-order valence-corrected chi connectivity index (χ4v) is 3.42. The molecule has 1 aromatic heterocycles. The lowest BCUT2D eigenvalue weighted by atomic mass is 10.2. The first kappa shape index (κ1) is 15.9. The molecule has 4 nitrogen and oxygen atoms in total. The van der Waals surface area contributed by atoms with Gasteiger partial charge in [0.25, 0.3) is 0 Å². The number of anilines is 1. The van der Waals surface area contributed by atoms with Crippen molar-refractivity contribution in [3.8, 4) is 0 Å². The second-order valence-electron chi connectivity index (χ2n) is 5.68. The summed E-state index contributed by atoms with van der Waals surface area (Å²) < 4.78 is 13.0. The van der Waals surface area contributed by atoms with Crippen molar-refractivity contribution in [3.63, 3.8) is 0 Å². The molecular formula is C17H20FN3OS. The molecule has 3 rings (SSSR count). The van der Waals surface area contributed by atoms with Crippen molar-refractivity contribution in [2.45, 2.75) is 19.3 Å². The van der Waals surface area contributed by atoms with Crippen LogP contribution in [-0.4, -0.2) is 42.0 Å². The zero-order chi connectivity index (χ0) is 16.1. The van der Waals surface area contributed by atoms with Crippen molar-refractivity contribution < 1.29 is 9.18 Å². The third-order valence-electron chi connectivity index (χ3n) is 4.12. The van der Waals surface area contributed by atoms with E-state index in [1.54, 1.807) is 29.0 Å². The number of thiazole rings is 1. The number of nitrogens with zero attached hydrogens (tertiary/aromatic N) is 3. The van der Waals surface area contributed by atoms with Crippen molar-refractivity contribution in [1.82, 2.24) is 9.88 Å². The Morgan fingerprint density at radius 3 is 2.74 bits per heavy atom. The number of aryl methyl sites for hydroxylation is 1. The molecule has 1 saturated heterocycles. The molecule has 6 heteroatoms. The zero-order valence-electron chi connectivity index (χ0n) is 12.9. The van der Waals surface area contributed by atoms with E-state index in [0.29, 0.717) is 19.4 Å². The Hall–Kier alpha value is -1.95. The minimum absolute atomic E-state index is 0.193. The first-order valence-corrected chi connectivity index (χ1v) is 8.82. The Kier molecular flexibility index (Phi) is 5.23. The van der Waals surface area contributed by atoms with Gasteiger partial charge in [-0.2, -0.15) is 0 Å². The van der Waals surface area contributed by atoms with Crippen molar-refractivity contribution in [2.24, 2.45) is 0 Å². The molecule has 0 unspecified atom stereocenters. The average molecular weight is 333 g/mol. The highest BCUT2D eigenvalue weighted by Gasteiger charge is 2.19. The highest BCUT2D eigenvalue weighted by molar-refractivity contribution is 7.07. The van der Waals surface area contributed by atoms with E-state index in [1.807, 2.05) is 10.3 Å². The Balaban J connectivity index is 1.53. The molecule has 0 atom stereocenters. The number of carbonyl (C=O) groups is 1. The number of carbonyl (C=O) groups excluding carboxylic acids is 1. The molecule has 1 aliphatic rings. The molecule has 1 aromatic carbocycles. The lowest BCUT2D eigenvalue weighted by Crippen LogP contribution is -2.35. The molecule has 1 fully saturated rings. The van der Waals surface area contributed by atoms with E-state index in [1.165, 1.54) is 12.1 Å². The van der Waals surface area contributed by atoms with E-state index < -0.39 is 0 Å². The van der Waals surface area contributed by atoms with Crippen LogP contribution in [0.2, 0.25) is 0 Å². The third kappa shape index (κ3) is 4.28. The molecule has 122 valence electrons. The lowest BCUT2D eigenvalue weighted by Gasteiger charge is -2.23.